The van der Waals surface area contributed by atoms with Gasteiger partial charge in [0.15, 0.2) is 0 Å². The summed E-state index contributed by atoms with van der Waals surface area (Å²) in [5, 5.41) is 2.43. The summed E-state index contributed by atoms with van der Waals surface area (Å²) in [6.07, 6.45) is -4.84. The van der Waals surface area contributed by atoms with E-state index >= 15 is 0 Å². The van der Waals surface area contributed by atoms with E-state index in [9.17, 15) is 22.8 Å². The van der Waals surface area contributed by atoms with Gasteiger partial charge >= 0.3 is 12.4 Å². The Labute approximate surface area is 191 Å². The molecule has 0 aliphatic carbocycles. The van der Waals surface area contributed by atoms with Gasteiger partial charge in [-0.15, -0.1) is 13.2 Å². The van der Waals surface area contributed by atoms with Gasteiger partial charge < -0.3 is 4.74 Å². The first-order valence-corrected chi connectivity index (χ1v) is 10.3. The van der Waals surface area contributed by atoms with Crippen LogP contribution in [0, 0.1) is 6.92 Å². The molecular weight excluding hydrogens is 465 g/mol. The zero-order valence-corrected chi connectivity index (χ0v) is 18.1. The molecule has 10 heteroatoms. The number of hydrogen-bond donors (Lipinski definition) is 1. The molecule has 32 heavy (non-hydrogen) atoms. The molecule has 3 rings (SSSR count). The third-order valence-electron chi connectivity index (χ3n) is 4.11. The Morgan fingerprint density at radius 3 is 2.22 bits per heavy atom. The van der Waals surface area contributed by atoms with Gasteiger partial charge in [0, 0.05) is 4.90 Å². The predicted molar refractivity (Wildman–Crippen MR) is 117 cm³/mol. The van der Waals surface area contributed by atoms with Crippen LogP contribution in [-0.4, -0.2) is 18.3 Å². The minimum atomic E-state index is -4.84. The maximum atomic E-state index is 13.0. The van der Waals surface area contributed by atoms with Gasteiger partial charge in [0.25, 0.3) is 5.91 Å². The Balaban J connectivity index is 1.88. The average Bonchev–Trinajstić information content (AvgIpc) is 2.73. The first kappa shape index (κ1) is 23.5. The SMILES string of the molecule is Cc1ccccc1SN(C(=O)NC(=O)c1ccccc1Cl)c1ccc(OC(F)(F)F)cc1. The number of carbonyl (C=O) groups excluding carboxylic acids is 2. The van der Waals surface area contributed by atoms with E-state index in [4.69, 9.17) is 11.6 Å². The number of amides is 3. The van der Waals surface area contributed by atoms with Crippen molar-refractivity contribution in [3.63, 3.8) is 0 Å². The summed E-state index contributed by atoms with van der Waals surface area (Å²) < 4.78 is 42.4. The van der Waals surface area contributed by atoms with Gasteiger partial charge in [-0.25, -0.2) is 9.10 Å². The molecule has 0 heterocycles. The van der Waals surface area contributed by atoms with E-state index in [2.05, 4.69) is 10.1 Å². The third kappa shape index (κ3) is 6.18. The molecule has 0 aromatic heterocycles. The van der Waals surface area contributed by atoms with Crippen LogP contribution in [0.4, 0.5) is 23.7 Å². The fraction of sp³-hybridized carbons (Fsp3) is 0.0909. The van der Waals surface area contributed by atoms with Crippen molar-refractivity contribution >= 4 is 41.2 Å². The van der Waals surface area contributed by atoms with Gasteiger partial charge in [-0.05, 0) is 66.9 Å². The van der Waals surface area contributed by atoms with E-state index in [1.54, 1.807) is 24.3 Å². The van der Waals surface area contributed by atoms with Crippen LogP contribution in [0.15, 0.2) is 77.7 Å². The van der Waals surface area contributed by atoms with E-state index in [0.717, 1.165) is 33.9 Å². The minimum absolute atomic E-state index is 0.109. The number of imide groups is 1. The van der Waals surface area contributed by atoms with Crippen molar-refractivity contribution in [2.45, 2.75) is 18.2 Å². The van der Waals surface area contributed by atoms with Gasteiger partial charge in [0.05, 0.1) is 16.3 Å². The molecule has 0 fully saturated rings. The molecule has 166 valence electrons. The number of alkyl halides is 3. The van der Waals surface area contributed by atoms with Gasteiger partial charge in [0.2, 0.25) is 0 Å². The van der Waals surface area contributed by atoms with E-state index in [1.807, 2.05) is 19.1 Å². The smallest absolute Gasteiger partial charge is 0.406 e. The highest BCUT2D eigenvalue weighted by Gasteiger charge is 2.31. The highest BCUT2D eigenvalue weighted by Crippen LogP contribution is 2.33. The number of carbonyl (C=O) groups is 2. The van der Waals surface area contributed by atoms with Crippen molar-refractivity contribution in [2.75, 3.05) is 4.31 Å². The van der Waals surface area contributed by atoms with Crippen LogP contribution in [0.5, 0.6) is 5.75 Å². The number of nitrogens with zero attached hydrogens (tertiary/aromatic N) is 1. The summed E-state index contributed by atoms with van der Waals surface area (Å²) in [7, 11) is 0. The average molecular weight is 481 g/mol. The summed E-state index contributed by atoms with van der Waals surface area (Å²) in [6.45, 7) is 1.84. The maximum Gasteiger partial charge on any atom is 0.573 e. The van der Waals surface area contributed by atoms with Crippen LogP contribution >= 0.6 is 23.5 Å². The predicted octanol–water partition coefficient (Wildman–Crippen LogP) is 6.61. The molecule has 0 aliphatic heterocycles. The van der Waals surface area contributed by atoms with Crippen LogP contribution in [0.3, 0.4) is 0 Å². The van der Waals surface area contributed by atoms with Crippen LogP contribution in [0.1, 0.15) is 15.9 Å². The number of hydrogen-bond acceptors (Lipinski definition) is 4. The van der Waals surface area contributed by atoms with Crippen molar-refractivity contribution < 1.29 is 27.5 Å². The molecule has 0 saturated heterocycles. The Bertz CT molecular complexity index is 1120. The Hall–Kier alpha value is -3.17. The fourth-order valence-corrected chi connectivity index (χ4v) is 3.74. The lowest BCUT2D eigenvalue weighted by atomic mass is 10.2. The normalized spacial score (nSPS) is 11.0. The number of aryl methyl sites for hydroxylation is 1. The molecule has 3 aromatic carbocycles. The highest BCUT2D eigenvalue weighted by molar-refractivity contribution is 8.01. The zero-order chi connectivity index (χ0) is 23.3. The van der Waals surface area contributed by atoms with Crippen molar-refractivity contribution in [1.29, 1.82) is 0 Å². The number of benzene rings is 3. The first-order chi connectivity index (χ1) is 15.1. The van der Waals surface area contributed by atoms with Gasteiger partial charge in [0.1, 0.15) is 5.75 Å². The second kappa shape index (κ2) is 9.97. The molecule has 0 atom stereocenters. The summed E-state index contributed by atoms with van der Waals surface area (Å²) in [6, 6.07) is 17.4. The topological polar surface area (TPSA) is 58.6 Å². The monoisotopic (exact) mass is 480 g/mol. The third-order valence-corrected chi connectivity index (χ3v) is 5.65. The highest BCUT2D eigenvalue weighted by atomic mass is 35.5. The van der Waals surface area contributed by atoms with Crippen molar-refractivity contribution in [2.24, 2.45) is 0 Å². The molecule has 5 nitrogen and oxygen atoms in total. The van der Waals surface area contributed by atoms with Gasteiger partial charge in [-0.3, -0.25) is 10.1 Å². The molecule has 0 aliphatic rings. The van der Waals surface area contributed by atoms with E-state index < -0.39 is 24.1 Å². The molecule has 0 saturated carbocycles. The lowest BCUT2D eigenvalue weighted by Gasteiger charge is -2.22. The molecule has 0 radical (unpaired) electrons. The van der Waals surface area contributed by atoms with Gasteiger partial charge in [-0.2, -0.15) is 0 Å². The maximum absolute atomic E-state index is 13.0. The molecule has 0 unspecified atom stereocenters. The number of urea groups is 1. The number of halogens is 4. The summed E-state index contributed by atoms with van der Waals surface area (Å²) >= 11 is 7.03. The van der Waals surface area contributed by atoms with Crippen LogP contribution in [0.2, 0.25) is 5.02 Å². The number of anilines is 1. The number of nitrogens with one attached hydrogen (secondary N) is 1. The molecule has 1 N–H and O–H groups in total. The minimum Gasteiger partial charge on any atom is -0.406 e. The Morgan fingerprint density at radius 2 is 1.59 bits per heavy atom. The van der Waals surface area contributed by atoms with Crippen LogP contribution in [-0.2, 0) is 0 Å². The molecule has 0 bridgehead atoms. The summed E-state index contributed by atoms with van der Waals surface area (Å²) in [5.41, 5.74) is 1.21. The first-order valence-electron chi connectivity index (χ1n) is 9.13. The van der Waals surface area contributed by atoms with Crippen molar-refractivity contribution in [1.82, 2.24) is 5.32 Å². The zero-order valence-electron chi connectivity index (χ0n) is 16.5. The number of rotatable bonds is 5. The second-order valence-electron chi connectivity index (χ2n) is 6.43. The second-order valence-corrected chi connectivity index (χ2v) is 7.83. The van der Waals surface area contributed by atoms with E-state index in [1.165, 1.54) is 24.3 Å². The van der Waals surface area contributed by atoms with Crippen molar-refractivity contribution in [3.05, 3.63) is 88.9 Å². The molecule has 0 spiro atoms. The van der Waals surface area contributed by atoms with Crippen molar-refractivity contribution in [3.8, 4) is 5.75 Å². The standard InChI is InChI=1S/C22H16ClF3N2O3S/c1-14-6-2-5-9-19(14)32-28(15-10-12-16(13-11-15)31-22(24,25)26)21(30)27-20(29)17-7-3-4-8-18(17)23/h2-13H,1H3,(H,27,29,30). The van der Waals surface area contributed by atoms with Gasteiger partial charge in [-0.1, -0.05) is 41.9 Å². The summed E-state index contributed by atoms with van der Waals surface area (Å²) in [4.78, 5) is 26.2. The van der Waals surface area contributed by atoms with E-state index in [-0.39, 0.29) is 16.3 Å². The number of ether oxygens (including phenoxy) is 1. The summed E-state index contributed by atoms with van der Waals surface area (Å²) in [5.74, 6) is -1.15. The molecule has 3 amide bonds. The lowest BCUT2D eigenvalue weighted by molar-refractivity contribution is -0.274. The fourth-order valence-electron chi connectivity index (χ4n) is 2.61. The molecular formula is C22H16ClF3N2O3S. The molecule has 3 aromatic rings. The lowest BCUT2D eigenvalue weighted by Crippen LogP contribution is -2.39. The Morgan fingerprint density at radius 1 is 0.969 bits per heavy atom. The van der Waals surface area contributed by atoms with E-state index in [0.29, 0.717) is 4.90 Å². The Kier molecular flexibility index (Phi) is 7.32. The quantitative estimate of drug-likeness (QED) is 0.417. The van der Waals surface area contributed by atoms with Crippen LogP contribution in [0.25, 0.3) is 0 Å². The largest absolute Gasteiger partial charge is 0.573 e. The van der Waals surface area contributed by atoms with Crippen LogP contribution < -0.4 is 14.4 Å².